The normalized spacial score (nSPS) is 10.9. The molecule has 0 saturated heterocycles. The molecule has 0 bridgehead atoms. The number of nitrogens with one attached hydrogen (secondary N) is 2. The van der Waals surface area contributed by atoms with Crippen molar-refractivity contribution in [3.05, 3.63) is 83.1 Å². The molecule has 0 aliphatic heterocycles. The van der Waals surface area contributed by atoms with Crippen molar-refractivity contribution in [2.45, 2.75) is 13.5 Å². The second kappa shape index (κ2) is 13.0. The Morgan fingerprint density at radius 1 is 1.05 bits per heavy atom. The number of aromatic nitrogens is 1. The van der Waals surface area contributed by atoms with Gasteiger partial charge in [-0.25, -0.2) is 9.79 Å². The lowest BCUT2D eigenvalue weighted by atomic mass is 10.2. The van der Waals surface area contributed by atoms with Gasteiger partial charge in [-0.05, 0) is 61.0 Å². The third-order valence-electron chi connectivity index (χ3n) is 5.08. The van der Waals surface area contributed by atoms with Gasteiger partial charge in [-0.2, -0.15) is 0 Å². The van der Waals surface area contributed by atoms with Crippen molar-refractivity contribution >= 4 is 41.6 Å². The summed E-state index contributed by atoms with van der Waals surface area (Å²) >= 11 is 5.96. The van der Waals surface area contributed by atoms with Gasteiger partial charge in [0.25, 0.3) is 0 Å². The van der Waals surface area contributed by atoms with Crippen LogP contribution in [0.4, 0.5) is 10.5 Å². The van der Waals surface area contributed by atoms with E-state index in [1.165, 1.54) is 23.9 Å². The van der Waals surface area contributed by atoms with Gasteiger partial charge in [0.1, 0.15) is 18.0 Å². The number of carbonyl (C=O) groups excluding carboxylic acids is 3. The van der Waals surface area contributed by atoms with E-state index in [2.05, 4.69) is 20.6 Å². The van der Waals surface area contributed by atoms with Crippen molar-refractivity contribution in [1.29, 1.82) is 0 Å². The minimum atomic E-state index is -0.614. The first-order chi connectivity index (χ1) is 17.8. The number of guanidine groups is 1. The summed E-state index contributed by atoms with van der Waals surface area (Å²) in [7, 11) is 2.93. The Balaban J connectivity index is 1.84. The van der Waals surface area contributed by atoms with Crippen LogP contribution in [0.2, 0.25) is 5.02 Å². The first-order valence-electron chi connectivity index (χ1n) is 11.3. The number of aryl methyl sites for hydroxylation is 1. The van der Waals surface area contributed by atoms with Crippen LogP contribution in [0.3, 0.4) is 0 Å². The van der Waals surface area contributed by atoms with Crippen LogP contribution in [0.25, 0.3) is 0 Å². The first kappa shape index (κ1) is 27.2. The minimum absolute atomic E-state index is 0.0184. The number of hydrogen-bond acceptors (Lipinski definition) is 6. The predicted octanol–water partition coefficient (Wildman–Crippen LogP) is 3.87. The second-order valence-corrected chi connectivity index (χ2v) is 8.42. The van der Waals surface area contributed by atoms with Crippen molar-refractivity contribution in [2.75, 3.05) is 20.6 Å². The molecule has 37 heavy (non-hydrogen) atoms. The summed E-state index contributed by atoms with van der Waals surface area (Å²) in [5, 5.41) is 5.64. The highest BCUT2D eigenvalue weighted by Crippen LogP contribution is 2.24. The molecule has 0 aliphatic carbocycles. The molecule has 2 N–H and O–H groups in total. The van der Waals surface area contributed by atoms with Crippen molar-refractivity contribution in [1.82, 2.24) is 25.4 Å². The number of pyridine rings is 1. The van der Waals surface area contributed by atoms with Gasteiger partial charge >= 0.3 is 6.03 Å². The fraction of sp³-hybridized carbons (Fsp3) is 0.192. The largest absolute Gasteiger partial charge is 0.456 e. The first-order valence-corrected chi connectivity index (χ1v) is 11.6. The van der Waals surface area contributed by atoms with Gasteiger partial charge < -0.3 is 15.0 Å². The number of aliphatic imine (C=N–C) groups is 1. The maximum Gasteiger partial charge on any atom is 0.324 e. The summed E-state index contributed by atoms with van der Waals surface area (Å²) < 4.78 is 5.79. The van der Waals surface area contributed by atoms with Gasteiger partial charge in [-0.15, -0.1) is 0 Å². The number of ether oxygens (including phenoxy) is 1. The summed E-state index contributed by atoms with van der Waals surface area (Å²) in [6.45, 7) is 1.84. The van der Waals surface area contributed by atoms with Gasteiger partial charge in [-0.3, -0.25) is 24.8 Å². The van der Waals surface area contributed by atoms with E-state index < -0.39 is 6.03 Å². The quantitative estimate of drug-likeness (QED) is 0.265. The molecular weight excluding hydrogens is 496 g/mol. The molecule has 11 heteroatoms. The van der Waals surface area contributed by atoms with E-state index >= 15 is 0 Å². The van der Waals surface area contributed by atoms with Gasteiger partial charge in [0, 0.05) is 24.8 Å². The average molecular weight is 523 g/mol. The van der Waals surface area contributed by atoms with Crippen molar-refractivity contribution < 1.29 is 19.1 Å². The Morgan fingerprint density at radius 3 is 2.32 bits per heavy atom. The highest BCUT2D eigenvalue weighted by molar-refractivity contribution is 6.30. The molecule has 0 unspecified atom stereocenters. The number of hydrogen-bond donors (Lipinski definition) is 2. The van der Waals surface area contributed by atoms with Gasteiger partial charge in [-0.1, -0.05) is 23.7 Å². The molecule has 0 saturated carbocycles. The van der Waals surface area contributed by atoms with E-state index in [0.717, 1.165) is 11.3 Å². The lowest BCUT2D eigenvalue weighted by Crippen LogP contribution is -2.49. The number of amides is 4. The van der Waals surface area contributed by atoms with E-state index in [9.17, 15) is 14.4 Å². The van der Waals surface area contributed by atoms with Crippen molar-refractivity contribution in [3.63, 3.8) is 0 Å². The maximum atomic E-state index is 12.8. The Hall–Kier alpha value is -4.44. The molecule has 2 aromatic carbocycles. The smallest absolute Gasteiger partial charge is 0.324 e. The lowest BCUT2D eigenvalue weighted by molar-refractivity contribution is -0.121. The van der Waals surface area contributed by atoms with Crippen LogP contribution in [-0.4, -0.2) is 59.7 Å². The molecule has 0 spiro atoms. The third-order valence-corrected chi connectivity index (χ3v) is 5.33. The standard InChI is InChI=1S/C26H27ClN6O4/c1-18-4-11-23(14-29-18)37-22-12-9-21(10-13-22)30-25(31-26(36)32(3)16-24(35)28-2)33(17-34)15-19-5-7-20(27)8-6-19/h4-14,17H,15-16H2,1-3H3,(H,28,35)(H,30,31,36). The number of rotatable bonds is 8. The molecule has 0 radical (unpaired) electrons. The monoisotopic (exact) mass is 522 g/mol. The Morgan fingerprint density at radius 2 is 1.73 bits per heavy atom. The minimum Gasteiger partial charge on any atom is -0.456 e. The second-order valence-electron chi connectivity index (χ2n) is 7.99. The van der Waals surface area contributed by atoms with Crippen LogP contribution in [0.15, 0.2) is 71.9 Å². The molecule has 0 fully saturated rings. The van der Waals surface area contributed by atoms with E-state index in [1.54, 1.807) is 54.7 Å². The summed E-state index contributed by atoms with van der Waals surface area (Å²) in [6, 6.07) is 16.8. The van der Waals surface area contributed by atoms with Gasteiger partial charge in [0.2, 0.25) is 18.3 Å². The molecule has 3 aromatic rings. The Labute approximate surface area is 219 Å². The summed E-state index contributed by atoms with van der Waals surface area (Å²) in [5.74, 6) is 0.789. The van der Waals surface area contributed by atoms with Crippen LogP contribution in [-0.2, 0) is 16.1 Å². The summed E-state index contributed by atoms with van der Waals surface area (Å²) in [5.41, 5.74) is 2.11. The van der Waals surface area contributed by atoms with E-state index in [-0.39, 0.29) is 25.0 Å². The summed E-state index contributed by atoms with van der Waals surface area (Å²) in [6.07, 6.45) is 2.19. The molecule has 1 aromatic heterocycles. The number of halogens is 1. The molecule has 0 atom stereocenters. The number of likely N-dealkylation sites (N-methyl/N-ethyl adjacent to an activating group) is 2. The van der Waals surface area contributed by atoms with E-state index in [4.69, 9.17) is 16.3 Å². The molecule has 3 rings (SSSR count). The fourth-order valence-corrected chi connectivity index (χ4v) is 3.16. The van der Waals surface area contributed by atoms with E-state index in [1.807, 2.05) is 19.1 Å². The lowest BCUT2D eigenvalue weighted by Gasteiger charge is -2.23. The predicted molar refractivity (Wildman–Crippen MR) is 141 cm³/mol. The average Bonchev–Trinajstić information content (AvgIpc) is 2.90. The van der Waals surface area contributed by atoms with Crippen LogP contribution in [0, 0.1) is 6.92 Å². The molecule has 10 nitrogen and oxygen atoms in total. The van der Waals surface area contributed by atoms with Gasteiger partial charge in [0.15, 0.2) is 0 Å². The number of benzene rings is 2. The van der Waals surface area contributed by atoms with E-state index in [0.29, 0.717) is 28.6 Å². The molecule has 1 heterocycles. The number of nitrogens with zero attached hydrogens (tertiary/aromatic N) is 4. The zero-order chi connectivity index (χ0) is 26.8. The zero-order valence-corrected chi connectivity index (χ0v) is 21.4. The molecular formula is C26H27ClN6O4. The van der Waals surface area contributed by atoms with Crippen LogP contribution in [0.5, 0.6) is 11.5 Å². The maximum absolute atomic E-state index is 12.8. The third kappa shape index (κ3) is 8.32. The zero-order valence-electron chi connectivity index (χ0n) is 20.6. The fourth-order valence-electron chi connectivity index (χ4n) is 3.03. The molecule has 192 valence electrons. The molecule has 0 aliphatic rings. The number of urea groups is 1. The number of carbonyl (C=O) groups is 3. The van der Waals surface area contributed by atoms with Crippen LogP contribution in [0.1, 0.15) is 11.3 Å². The van der Waals surface area contributed by atoms with Crippen molar-refractivity contribution in [3.8, 4) is 11.5 Å². The highest BCUT2D eigenvalue weighted by atomic mass is 35.5. The van der Waals surface area contributed by atoms with Gasteiger partial charge in [0.05, 0.1) is 18.4 Å². The SMILES string of the molecule is CNC(=O)CN(C)C(=O)NC(=Nc1ccc(Oc2ccc(C)nc2)cc1)N(C=O)Cc1ccc(Cl)cc1. The van der Waals surface area contributed by atoms with Crippen molar-refractivity contribution in [2.24, 2.45) is 4.99 Å². The van der Waals surface area contributed by atoms with Crippen LogP contribution >= 0.6 is 11.6 Å². The topological polar surface area (TPSA) is 116 Å². The Kier molecular flexibility index (Phi) is 9.56. The molecule has 4 amide bonds. The van der Waals surface area contributed by atoms with Crippen LogP contribution < -0.4 is 15.4 Å². The highest BCUT2D eigenvalue weighted by Gasteiger charge is 2.19. The Bertz CT molecular complexity index is 1250. The summed E-state index contributed by atoms with van der Waals surface area (Å²) in [4.78, 5) is 47.6.